The second-order valence-corrected chi connectivity index (χ2v) is 11.0. The summed E-state index contributed by atoms with van der Waals surface area (Å²) >= 11 is 10.3. The third kappa shape index (κ3) is 5.79. The topological polar surface area (TPSA) is 117 Å². The number of para-hydroxylation sites is 1. The molecule has 1 heterocycles. The number of nitrogens with zero attached hydrogens (tertiary/aromatic N) is 4. The number of ether oxygens (including phenoxy) is 1. The van der Waals surface area contributed by atoms with Crippen LogP contribution in [0, 0.1) is 10.1 Å². The van der Waals surface area contributed by atoms with E-state index in [2.05, 4.69) is 52.9 Å². The molecule has 0 unspecified atom stereocenters. The number of hydrogen-bond donors (Lipinski definition) is 0. The van der Waals surface area contributed by atoms with Crippen molar-refractivity contribution in [1.29, 1.82) is 0 Å². The van der Waals surface area contributed by atoms with Crippen LogP contribution in [0.15, 0.2) is 108 Å². The van der Waals surface area contributed by atoms with Crippen LogP contribution in [0.3, 0.4) is 0 Å². The lowest BCUT2D eigenvalue weighted by atomic mass is 10.2. The van der Waals surface area contributed by atoms with E-state index in [0.717, 1.165) is 4.47 Å². The first-order chi connectivity index (χ1) is 19.2. The zero-order valence-corrected chi connectivity index (χ0v) is 24.9. The van der Waals surface area contributed by atoms with E-state index in [1.807, 2.05) is 24.3 Å². The maximum atomic E-state index is 13.5. The molecule has 1 aromatic heterocycles. The fourth-order valence-corrected chi connectivity index (χ4v) is 5.39. The molecule has 0 bridgehead atoms. The van der Waals surface area contributed by atoms with E-state index in [-0.39, 0.29) is 22.6 Å². The fraction of sp³-hybridized carbons (Fsp3) is 0. The van der Waals surface area contributed by atoms with Crippen LogP contribution in [0.25, 0.3) is 22.3 Å². The van der Waals surface area contributed by atoms with Gasteiger partial charge in [-0.3, -0.25) is 14.9 Å². The lowest BCUT2D eigenvalue weighted by molar-refractivity contribution is -0.384. The summed E-state index contributed by atoms with van der Waals surface area (Å²) in [5.41, 5.74) is 1.17. The van der Waals surface area contributed by atoms with Crippen molar-refractivity contribution in [3.8, 4) is 17.1 Å². The zero-order chi connectivity index (χ0) is 28.4. The van der Waals surface area contributed by atoms with E-state index in [4.69, 9.17) is 9.72 Å². The summed E-state index contributed by atoms with van der Waals surface area (Å²) in [6.07, 6.45) is 1.40. The predicted octanol–water partition coefficient (Wildman–Crippen LogP) is 7.36. The van der Waals surface area contributed by atoms with Gasteiger partial charge >= 0.3 is 5.97 Å². The number of aromatic nitrogens is 2. The Morgan fingerprint density at radius 3 is 2.35 bits per heavy atom. The molecule has 0 amide bonds. The van der Waals surface area contributed by atoms with Crippen LogP contribution < -0.4 is 10.3 Å². The van der Waals surface area contributed by atoms with Crippen LogP contribution in [-0.4, -0.2) is 26.8 Å². The Labute approximate surface area is 251 Å². The highest BCUT2D eigenvalue weighted by Crippen LogP contribution is 2.33. The molecule has 0 aliphatic carbocycles. The lowest BCUT2D eigenvalue weighted by Gasteiger charge is -2.12. The SMILES string of the molecule is O=C(Oc1c(Br)cc(Br)cc1C=Nn1c(-c2ccc(Br)cc2)nc2ccccc2c1=O)c1ccc([N+](=O)[O-])cc1. The minimum atomic E-state index is -0.729. The Morgan fingerprint density at radius 2 is 1.65 bits per heavy atom. The molecule has 0 fully saturated rings. The molecule has 0 saturated carbocycles. The Morgan fingerprint density at radius 1 is 0.950 bits per heavy atom. The molecule has 9 nitrogen and oxygen atoms in total. The van der Waals surface area contributed by atoms with Crippen molar-refractivity contribution in [2.45, 2.75) is 0 Å². The Balaban J connectivity index is 1.58. The molecule has 0 radical (unpaired) electrons. The Hall–Kier alpha value is -4.00. The minimum absolute atomic E-state index is 0.121. The van der Waals surface area contributed by atoms with Crippen molar-refractivity contribution < 1.29 is 14.5 Å². The van der Waals surface area contributed by atoms with Gasteiger partial charge in [0.1, 0.15) is 0 Å². The number of nitro groups is 1. The first kappa shape index (κ1) is 27.6. The lowest BCUT2D eigenvalue weighted by Crippen LogP contribution is -2.20. The first-order valence-electron chi connectivity index (χ1n) is 11.5. The number of fused-ring (bicyclic) bond motifs is 1. The van der Waals surface area contributed by atoms with Crippen molar-refractivity contribution in [2.24, 2.45) is 5.10 Å². The summed E-state index contributed by atoms with van der Waals surface area (Å²) in [6, 6.07) is 22.7. The van der Waals surface area contributed by atoms with Crippen LogP contribution in [0.2, 0.25) is 0 Å². The molecule has 0 aliphatic heterocycles. The first-order valence-corrected chi connectivity index (χ1v) is 13.9. The largest absolute Gasteiger partial charge is 0.421 e. The van der Waals surface area contributed by atoms with E-state index < -0.39 is 10.9 Å². The summed E-state index contributed by atoms with van der Waals surface area (Å²) in [4.78, 5) is 41.5. The highest BCUT2D eigenvalue weighted by atomic mass is 79.9. The minimum Gasteiger partial charge on any atom is -0.421 e. The van der Waals surface area contributed by atoms with Crippen molar-refractivity contribution in [3.63, 3.8) is 0 Å². The van der Waals surface area contributed by atoms with Gasteiger partial charge in [0.15, 0.2) is 11.6 Å². The number of carbonyl (C=O) groups excluding carboxylic acids is 1. The summed E-state index contributed by atoms with van der Waals surface area (Å²) in [6.45, 7) is 0. The molecule has 4 aromatic carbocycles. The highest BCUT2D eigenvalue weighted by Gasteiger charge is 2.18. The van der Waals surface area contributed by atoms with Crippen molar-refractivity contribution >= 4 is 76.6 Å². The molecule has 0 saturated heterocycles. The van der Waals surface area contributed by atoms with Crippen molar-refractivity contribution in [3.05, 3.63) is 130 Å². The summed E-state index contributed by atoms with van der Waals surface area (Å²) < 4.78 is 8.82. The molecule has 0 spiro atoms. The van der Waals surface area contributed by atoms with Gasteiger partial charge in [0.2, 0.25) is 0 Å². The number of non-ortho nitro benzene ring substituents is 1. The molecule has 40 heavy (non-hydrogen) atoms. The van der Waals surface area contributed by atoms with E-state index in [1.165, 1.54) is 35.2 Å². The number of halogens is 3. The van der Waals surface area contributed by atoms with E-state index in [1.54, 1.807) is 36.4 Å². The van der Waals surface area contributed by atoms with Crippen LogP contribution in [0.1, 0.15) is 15.9 Å². The average molecular weight is 727 g/mol. The summed E-state index contributed by atoms with van der Waals surface area (Å²) in [5.74, 6) is -0.263. The molecular formula is C28H15Br3N4O5. The quantitative estimate of drug-likeness (QED) is 0.0594. The number of benzene rings is 4. The van der Waals surface area contributed by atoms with Gasteiger partial charge in [-0.2, -0.15) is 9.78 Å². The molecule has 198 valence electrons. The van der Waals surface area contributed by atoms with Gasteiger partial charge in [0.25, 0.3) is 11.2 Å². The molecule has 12 heteroatoms. The van der Waals surface area contributed by atoms with Gasteiger partial charge in [-0.15, -0.1) is 0 Å². The van der Waals surface area contributed by atoms with Crippen LogP contribution >= 0.6 is 47.8 Å². The molecule has 0 N–H and O–H groups in total. The van der Waals surface area contributed by atoms with E-state index >= 15 is 0 Å². The second kappa shape index (κ2) is 11.6. The van der Waals surface area contributed by atoms with Crippen LogP contribution in [0.5, 0.6) is 5.75 Å². The normalized spacial score (nSPS) is 11.2. The second-order valence-electron chi connectivity index (χ2n) is 8.32. The van der Waals surface area contributed by atoms with Crippen LogP contribution in [-0.2, 0) is 0 Å². The zero-order valence-electron chi connectivity index (χ0n) is 20.1. The number of esters is 1. The third-order valence-electron chi connectivity index (χ3n) is 5.71. The summed E-state index contributed by atoms with van der Waals surface area (Å²) in [7, 11) is 0. The van der Waals surface area contributed by atoms with Gasteiger partial charge in [-0.1, -0.05) is 56.1 Å². The number of hydrogen-bond acceptors (Lipinski definition) is 7. The Kier molecular flexibility index (Phi) is 8.01. The highest BCUT2D eigenvalue weighted by molar-refractivity contribution is 9.11. The van der Waals surface area contributed by atoms with Gasteiger partial charge < -0.3 is 4.74 Å². The molecule has 0 aliphatic rings. The number of rotatable bonds is 6. The van der Waals surface area contributed by atoms with Gasteiger partial charge in [0.05, 0.1) is 32.1 Å². The number of carbonyl (C=O) groups is 1. The Bertz CT molecular complexity index is 1870. The predicted molar refractivity (Wildman–Crippen MR) is 162 cm³/mol. The molecular weight excluding hydrogens is 712 g/mol. The van der Waals surface area contributed by atoms with E-state index in [0.29, 0.717) is 36.8 Å². The van der Waals surface area contributed by atoms with Gasteiger partial charge in [0, 0.05) is 32.2 Å². The fourth-order valence-electron chi connectivity index (χ4n) is 3.79. The van der Waals surface area contributed by atoms with Crippen molar-refractivity contribution in [2.75, 3.05) is 0 Å². The molecule has 0 atom stereocenters. The smallest absolute Gasteiger partial charge is 0.343 e. The molecule has 5 rings (SSSR count). The standard InChI is InChI=1S/C28H15Br3N4O5/c29-19-9-5-16(6-10-19)26-33-24-4-2-1-3-22(24)27(36)34(26)32-15-18-13-20(30)14-23(31)25(18)40-28(37)17-7-11-21(12-8-17)35(38)39/h1-15H. The maximum absolute atomic E-state index is 13.5. The summed E-state index contributed by atoms with van der Waals surface area (Å²) in [5, 5.41) is 15.8. The number of nitro benzene ring substituents is 1. The van der Waals surface area contributed by atoms with Crippen LogP contribution in [0.4, 0.5) is 5.69 Å². The van der Waals surface area contributed by atoms with Gasteiger partial charge in [-0.25, -0.2) is 9.78 Å². The maximum Gasteiger partial charge on any atom is 0.343 e. The van der Waals surface area contributed by atoms with E-state index in [9.17, 15) is 19.7 Å². The third-order valence-corrected chi connectivity index (χ3v) is 7.29. The molecule has 5 aromatic rings. The van der Waals surface area contributed by atoms with Gasteiger partial charge in [-0.05, 0) is 64.5 Å². The average Bonchev–Trinajstić information content (AvgIpc) is 2.94. The van der Waals surface area contributed by atoms with Crippen molar-refractivity contribution in [1.82, 2.24) is 9.66 Å². The monoisotopic (exact) mass is 724 g/mol.